The molecule has 0 saturated carbocycles. The molecule has 4 aromatic rings. The maximum absolute atomic E-state index is 13.7. The number of aromatic nitrogens is 1. The van der Waals surface area contributed by atoms with Gasteiger partial charge in [0.1, 0.15) is 5.82 Å². The highest BCUT2D eigenvalue weighted by molar-refractivity contribution is 7.22. The van der Waals surface area contributed by atoms with Gasteiger partial charge in [-0.3, -0.25) is 14.9 Å². The van der Waals surface area contributed by atoms with Gasteiger partial charge in [0.25, 0.3) is 11.6 Å². The highest BCUT2D eigenvalue weighted by Crippen LogP contribution is 2.31. The van der Waals surface area contributed by atoms with Crippen molar-refractivity contribution < 1.29 is 14.1 Å². The molecule has 1 heterocycles. The topological polar surface area (TPSA) is 88.7 Å². The van der Waals surface area contributed by atoms with Crippen molar-refractivity contribution in [3.05, 3.63) is 99.4 Å². The molecule has 0 aliphatic rings. The fraction of sp³-hybridized carbons (Fsp3) is 0.160. The number of nitro groups is 1. The Labute approximate surface area is 199 Å². The van der Waals surface area contributed by atoms with Crippen LogP contribution in [0, 0.1) is 15.9 Å². The first kappa shape index (κ1) is 23.2. The Bertz CT molecular complexity index is 1390. The van der Waals surface area contributed by atoms with Gasteiger partial charge >= 0.3 is 0 Å². The first-order valence-electron chi connectivity index (χ1n) is 10.4. The Morgan fingerprint density at radius 2 is 1.76 bits per heavy atom. The van der Waals surface area contributed by atoms with Crippen molar-refractivity contribution in [2.24, 2.45) is 5.10 Å². The fourth-order valence-corrected chi connectivity index (χ4v) is 4.15. The van der Waals surface area contributed by atoms with Crippen LogP contribution in [0.25, 0.3) is 10.2 Å². The molecule has 0 aliphatic heterocycles. The smallest absolute Gasteiger partial charge is 0.267 e. The van der Waals surface area contributed by atoms with Crippen LogP contribution in [-0.2, 0) is 5.41 Å². The van der Waals surface area contributed by atoms with Crippen LogP contribution in [0.2, 0.25) is 0 Å². The van der Waals surface area contributed by atoms with Gasteiger partial charge in [0, 0.05) is 17.7 Å². The lowest BCUT2D eigenvalue weighted by molar-refractivity contribution is -0.384. The SMILES string of the molecule is CC(C)(C)c1ccc(C(=O)N(/N=C/c2ccc([N+](=O)[O-])cc2)c2nc3ccc(F)cc3s2)cc1. The zero-order valence-electron chi connectivity index (χ0n) is 18.7. The third kappa shape index (κ3) is 4.99. The van der Waals surface area contributed by atoms with E-state index in [-0.39, 0.29) is 16.2 Å². The van der Waals surface area contributed by atoms with Crippen LogP contribution < -0.4 is 5.01 Å². The summed E-state index contributed by atoms with van der Waals surface area (Å²) in [4.78, 5) is 28.3. The second-order valence-electron chi connectivity index (χ2n) is 8.65. The van der Waals surface area contributed by atoms with Crippen LogP contribution in [0.5, 0.6) is 0 Å². The number of amides is 1. The van der Waals surface area contributed by atoms with E-state index in [1.807, 2.05) is 12.1 Å². The van der Waals surface area contributed by atoms with Crippen molar-refractivity contribution in [2.75, 3.05) is 5.01 Å². The average Bonchev–Trinajstić information content (AvgIpc) is 3.21. The molecule has 3 aromatic carbocycles. The molecule has 7 nitrogen and oxygen atoms in total. The van der Waals surface area contributed by atoms with E-state index < -0.39 is 16.6 Å². The van der Waals surface area contributed by atoms with Crippen molar-refractivity contribution in [1.82, 2.24) is 4.98 Å². The van der Waals surface area contributed by atoms with E-state index >= 15 is 0 Å². The predicted molar refractivity (Wildman–Crippen MR) is 132 cm³/mol. The molecule has 172 valence electrons. The number of fused-ring (bicyclic) bond motifs is 1. The van der Waals surface area contributed by atoms with Gasteiger partial charge in [-0.1, -0.05) is 44.2 Å². The summed E-state index contributed by atoms with van der Waals surface area (Å²) in [5.74, 6) is -0.800. The number of hydrazone groups is 1. The summed E-state index contributed by atoms with van der Waals surface area (Å²) in [7, 11) is 0. The van der Waals surface area contributed by atoms with E-state index in [0.29, 0.717) is 21.3 Å². The largest absolute Gasteiger partial charge is 0.280 e. The third-order valence-electron chi connectivity index (χ3n) is 5.14. The maximum Gasteiger partial charge on any atom is 0.280 e. The summed E-state index contributed by atoms with van der Waals surface area (Å²) in [6, 6.07) is 17.3. The summed E-state index contributed by atoms with van der Waals surface area (Å²) >= 11 is 1.14. The minimum absolute atomic E-state index is 0.0442. The molecular formula is C25H21FN4O3S. The molecule has 34 heavy (non-hydrogen) atoms. The van der Waals surface area contributed by atoms with Crippen molar-refractivity contribution in [2.45, 2.75) is 26.2 Å². The zero-order valence-corrected chi connectivity index (χ0v) is 19.5. The molecule has 0 N–H and O–H groups in total. The highest BCUT2D eigenvalue weighted by atomic mass is 32.1. The Morgan fingerprint density at radius 3 is 2.38 bits per heavy atom. The molecule has 0 spiro atoms. The van der Waals surface area contributed by atoms with Crippen LogP contribution in [0.3, 0.4) is 0 Å². The molecule has 0 unspecified atom stereocenters. The van der Waals surface area contributed by atoms with Crippen LogP contribution in [0.4, 0.5) is 15.2 Å². The van der Waals surface area contributed by atoms with E-state index in [4.69, 9.17) is 0 Å². The number of nitro benzene ring substituents is 1. The number of halogens is 1. The quantitative estimate of drug-likeness (QED) is 0.191. The molecular weight excluding hydrogens is 455 g/mol. The number of non-ortho nitro benzene ring substituents is 1. The van der Waals surface area contributed by atoms with Gasteiger partial charge in [0.05, 0.1) is 21.4 Å². The number of rotatable bonds is 5. The minimum Gasteiger partial charge on any atom is -0.267 e. The third-order valence-corrected chi connectivity index (χ3v) is 6.13. The average molecular weight is 477 g/mol. The van der Waals surface area contributed by atoms with E-state index in [9.17, 15) is 19.3 Å². The fourth-order valence-electron chi connectivity index (χ4n) is 3.21. The minimum atomic E-state index is -0.488. The Morgan fingerprint density at radius 1 is 1.09 bits per heavy atom. The number of carbonyl (C=O) groups excluding carboxylic acids is 1. The van der Waals surface area contributed by atoms with Crippen LogP contribution in [-0.4, -0.2) is 22.0 Å². The molecule has 0 radical (unpaired) electrons. The molecule has 0 fully saturated rings. The van der Waals surface area contributed by atoms with Crippen molar-refractivity contribution in [3.8, 4) is 0 Å². The highest BCUT2D eigenvalue weighted by Gasteiger charge is 2.22. The predicted octanol–water partition coefficient (Wildman–Crippen LogP) is 6.32. The maximum atomic E-state index is 13.7. The second-order valence-corrected chi connectivity index (χ2v) is 9.66. The lowest BCUT2D eigenvalue weighted by atomic mass is 9.87. The molecule has 4 rings (SSSR count). The van der Waals surface area contributed by atoms with Crippen LogP contribution >= 0.6 is 11.3 Å². The lowest BCUT2D eigenvalue weighted by Gasteiger charge is -2.19. The van der Waals surface area contributed by atoms with E-state index in [1.54, 1.807) is 18.2 Å². The van der Waals surface area contributed by atoms with E-state index in [0.717, 1.165) is 21.9 Å². The van der Waals surface area contributed by atoms with Crippen molar-refractivity contribution in [3.63, 3.8) is 0 Å². The molecule has 0 atom stereocenters. The molecule has 0 aliphatic carbocycles. The molecule has 1 aromatic heterocycles. The first-order valence-corrected chi connectivity index (χ1v) is 11.2. The van der Waals surface area contributed by atoms with Gasteiger partial charge in [0.2, 0.25) is 5.13 Å². The number of carbonyl (C=O) groups is 1. The molecule has 9 heteroatoms. The number of hydrogen-bond acceptors (Lipinski definition) is 6. The number of anilines is 1. The number of hydrogen-bond donors (Lipinski definition) is 0. The van der Waals surface area contributed by atoms with Gasteiger partial charge in [-0.15, -0.1) is 0 Å². The molecule has 1 amide bonds. The zero-order chi connectivity index (χ0) is 24.5. The summed E-state index contributed by atoms with van der Waals surface area (Å²) in [5, 5.41) is 16.7. The van der Waals surface area contributed by atoms with Crippen LogP contribution in [0.1, 0.15) is 42.3 Å². The van der Waals surface area contributed by atoms with Crippen molar-refractivity contribution in [1.29, 1.82) is 0 Å². The van der Waals surface area contributed by atoms with Gasteiger partial charge in [-0.05, 0) is 59.0 Å². The van der Waals surface area contributed by atoms with Gasteiger partial charge < -0.3 is 0 Å². The Balaban J connectivity index is 1.72. The van der Waals surface area contributed by atoms with Gasteiger partial charge in [-0.25, -0.2) is 9.37 Å². The Hall–Kier alpha value is -3.98. The normalized spacial score (nSPS) is 11.8. The van der Waals surface area contributed by atoms with Gasteiger partial charge in [0.15, 0.2) is 0 Å². The summed E-state index contributed by atoms with van der Waals surface area (Å²) < 4.78 is 14.3. The van der Waals surface area contributed by atoms with E-state index in [2.05, 4.69) is 30.9 Å². The number of nitrogens with zero attached hydrogens (tertiary/aromatic N) is 4. The number of benzene rings is 3. The summed E-state index contributed by atoms with van der Waals surface area (Å²) in [6.07, 6.45) is 1.43. The summed E-state index contributed by atoms with van der Waals surface area (Å²) in [6.45, 7) is 6.26. The first-order chi connectivity index (χ1) is 16.1. The lowest BCUT2D eigenvalue weighted by Crippen LogP contribution is -2.25. The van der Waals surface area contributed by atoms with Crippen LogP contribution in [0.15, 0.2) is 71.8 Å². The molecule has 0 saturated heterocycles. The molecule has 0 bridgehead atoms. The van der Waals surface area contributed by atoms with Gasteiger partial charge in [-0.2, -0.15) is 10.1 Å². The summed E-state index contributed by atoms with van der Waals surface area (Å²) in [5.41, 5.74) is 2.51. The van der Waals surface area contributed by atoms with Crippen molar-refractivity contribution >= 4 is 44.5 Å². The monoisotopic (exact) mass is 476 g/mol. The standard InChI is InChI=1S/C25H21FN4O3S/c1-25(2,3)18-8-6-17(7-9-18)23(31)29(24-28-21-13-10-19(26)14-22(21)34-24)27-15-16-4-11-20(12-5-16)30(32)33/h4-15H,1-3H3/b27-15+. The van der Waals surface area contributed by atoms with E-state index in [1.165, 1.54) is 42.6 Å². The second kappa shape index (κ2) is 9.11. The number of thiazole rings is 1. The Kier molecular flexibility index (Phi) is 6.21.